The maximum atomic E-state index is 2.42. The van der Waals surface area contributed by atoms with Gasteiger partial charge in [0.1, 0.15) is 0 Å². The quantitative estimate of drug-likeness (QED) is 0.0801. The number of benzene rings is 7. The zero-order chi connectivity index (χ0) is 42.6. The number of aryl methyl sites for hydroxylation is 6. The summed E-state index contributed by atoms with van der Waals surface area (Å²) >= 11 is 0. The smallest absolute Gasteiger partial charge is 0.0464 e. The van der Waals surface area contributed by atoms with Crippen LogP contribution >= 0.6 is 0 Å². The number of rotatable bonds is 18. The van der Waals surface area contributed by atoms with Crippen LogP contribution in [0, 0.1) is 13.8 Å². The summed E-state index contributed by atoms with van der Waals surface area (Å²) in [6.45, 7) is 17.5. The third kappa shape index (κ3) is 10.7. The highest BCUT2D eigenvalue weighted by molar-refractivity contribution is 5.91. The standard InChI is InChI=1S/C58H63N3/c1-7-59(8-2)53-33-23-46(24-34-53)21-29-49-31-39-56(41-44(49)5)61(57-40-32-50(45(6)42-57)30-22-47-25-35-54(36-26-47)60(9-3)10-4)55-37-27-48(28-38-55)43-58(51-17-13-11-14-18-51)52-19-15-12-16-20-52/h11-20,23-28,31-43H,7-10,21-22,29-30H2,1-6H3. The van der Waals surface area contributed by atoms with Gasteiger partial charge in [0.05, 0.1) is 0 Å². The molecule has 0 atom stereocenters. The summed E-state index contributed by atoms with van der Waals surface area (Å²) in [6, 6.07) is 62.8. The molecule has 0 saturated carbocycles. The van der Waals surface area contributed by atoms with E-state index in [-0.39, 0.29) is 0 Å². The fourth-order valence-electron chi connectivity index (χ4n) is 8.58. The molecule has 0 aromatic heterocycles. The van der Waals surface area contributed by atoms with Crippen LogP contribution in [-0.4, -0.2) is 26.2 Å². The van der Waals surface area contributed by atoms with E-state index in [0.717, 1.165) is 57.5 Å². The van der Waals surface area contributed by atoms with Crippen molar-refractivity contribution in [1.82, 2.24) is 0 Å². The molecule has 0 amide bonds. The lowest BCUT2D eigenvalue weighted by molar-refractivity contribution is 0.864. The van der Waals surface area contributed by atoms with Gasteiger partial charge in [-0.05, 0) is 190 Å². The summed E-state index contributed by atoms with van der Waals surface area (Å²) in [6.07, 6.45) is 6.37. The molecule has 0 N–H and O–H groups in total. The molecular formula is C58H63N3. The average molecular weight is 802 g/mol. The second-order valence-electron chi connectivity index (χ2n) is 16.1. The first-order valence-corrected chi connectivity index (χ1v) is 22.5. The zero-order valence-electron chi connectivity index (χ0n) is 37.2. The van der Waals surface area contributed by atoms with Crippen molar-refractivity contribution in [2.75, 3.05) is 40.9 Å². The van der Waals surface area contributed by atoms with Gasteiger partial charge >= 0.3 is 0 Å². The van der Waals surface area contributed by atoms with Crippen LogP contribution in [0.2, 0.25) is 0 Å². The fraction of sp³-hybridized carbons (Fsp3) is 0.241. The molecule has 310 valence electrons. The Morgan fingerprint density at radius 3 is 1.15 bits per heavy atom. The molecule has 0 unspecified atom stereocenters. The van der Waals surface area contributed by atoms with Crippen molar-refractivity contribution in [2.24, 2.45) is 0 Å². The van der Waals surface area contributed by atoms with Crippen LogP contribution in [-0.2, 0) is 25.7 Å². The molecule has 0 spiro atoms. The lowest BCUT2D eigenvalue weighted by atomic mass is 9.95. The predicted molar refractivity (Wildman–Crippen MR) is 265 cm³/mol. The van der Waals surface area contributed by atoms with E-state index in [1.54, 1.807) is 0 Å². The van der Waals surface area contributed by atoms with Gasteiger partial charge in [-0.3, -0.25) is 0 Å². The highest BCUT2D eigenvalue weighted by Gasteiger charge is 2.16. The normalized spacial score (nSPS) is 11.0. The van der Waals surface area contributed by atoms with Gasteiger partial charge in [-0.15, -0.1) is 0 Å². The van der Waals surface area contributed by atoms with Gasteiger partial charge in [0.2, 0.25) is 0 Å². The number of nitrogens with zero attached hydrogens (tertiary/aromatic N) is 3. The summed E-state index contributed by atoms with van der Waals surface area (Å²) < 4.78 is 0. The molecule has 0 aliphatic carbocycles. The van der Waals surface area contributed by atoms with Crippen molar-refractivity contribution in [3.05, 3.63) is 220 Å². The summed E-state index contributed by atoms with van der Waals surface area (Å²) in [5.74, 6) is 0. The maximum absolute atomic E-state index is 2.42. The van der Waals surface area contributed by atoms with Gasteiger partial charge in [-0.2, -0.15) is 0 Å². The molecule has 0 bridgehead atoms. The summed E-state index contributed by atoms with van der Waals surface area (Å²) in [5.41, 5.74) is 19.0. The van der Waals surface area contributed by atoms with Crippen molar-refractivity contribution in [3.63, 3.8) is 0 Å². The Morgan fingerprint density at radius 1 is 0.393 bits per heavy atom. The average Bonchev–Trinajstić information content (AvgIpc) is 3.30. The van der Waals surface area contributed by atoms with Crippen molar-refractivity contribution >= 4 is 40.1 Å². The Labute approximate surface area is 366 Å². The third-order valence-electron chi connectivity index (χ3n) is 12.3. The Hall–Kier alpha value is -6.32. The van der Waals surface area contributed by atoms with Gasteiger partial charge in [0.15, 0.2) is 0 Å². The van der Waals surface area contributed by atoms with Crippen LogP contribution in [0.1, 0.15) is 77.8 Å². The van der Waals surface area contributed by atoms with Crippen LogP contribution in [0.3, 0.4) is 0 Å². The van der Waals surface area contributed by atoms with Crippen molar-refractivity contribution < 1.29 is 0 Å². The molecular weight excluding hydrogens is 739 g/mol. The minimum atomic E-state index is 1.01. The van der Waals surface area contributed by atoms with Crippen LogP contribution < -0.4 is 14.7 Å². The Bertz CT molecular complexity index is 2310. The van der Waals surface area contributed by atoms with Crippen LogP contribution in [0.15, 0.2) is 170 Å². The van der Waals surface area contributed by atoms with Crippen molar-refractivity contribution in [1.29, 1.82) is 0 Å². The fourth-order valence-corrected chi connectivity index (χ4v) is 8.58. The highest BCUT2D eigenvalue weighted by atomic mass is 15.1. The van der Waals surface area contributed by atoms with E-state index in [4.69, 9.17) is 0 Å². The summed E-state index contributed by atoms with van der Waals surface area (Å²) in [5, 5.41) is 0. The lowest BCUT2D eigenvalue weighted by Gasteiger charge is -2.27. The van der Waals surface area contributed by atoms with E-state index in [1.165, 1.54) is 78.4 Å². The molecule has 0 aliphatic rings. The molecule has 0 radical (unpaired) electrons. The first kappa shape index (κ1) is 42.8. The highest BCUT2D eigenvalue weighted by Crippen LogP contribution is 2.37. The van der Waals surface area contributed by atoms with Gasteiger partial charge in [0, 0.05) is 54.6 Å². The minimum absolute atomic E-state index is 1.01. The van der Waals surface area contributed by atoms with E-state index < -0.39 is 0 Å². The summed E-state index contributed by atoms with van der Waals surface area (Å²) in [4.78, 5) is 7.23. The minimum Gasteiger partial charge on any atom is -0.372 e. The van der Waals surface area contributed by atoms with E-state index in [2.05, 4.69) is 232 Å². The molecule has 0 heterocycles. The second-order valence-corrected chi connectivity index (χ2v) is 16.1. The van der Waals surface area contributed by atoms with E-state index >= 15 is 0 Å². The first-order valence-electron chi connectivity index (χ1n) is 22.5. The monoisotopic (exact) mass is 802 g/mol. The maximum Gasteiger partial charge on any atom is 0.0464 e. The molecule has 7 rings (SSSR count). The SMILES string of the molecule is CCN(CC)c1ccc(CCc2ccc(N(c3ccc(C=C(c4ccccc4)c4ccccc4)cc3)c3ccc(CCc4ccc(N(CC)CC)cc4)c(C)c3)cc2C)cc1. The van der Waals surface area contributed by atoms with Crippen molar-refractivity contribution in [2.45, 2.75) is 67.2 Å². The molecule has 61 heavy (non-hydrogen) atoms. The van der Waals surface area contributed by atoms with Crippen molar-refractivity contribution in [3.8, 4) is 0 Å². The lowest BCUT2D eigenvalue weighted by Crippen LogP contribution is -2.21. The molecule has 3 heteroatoms. The number of hydrogen-bond acceptors (Lipinski definition) is 3. The predicted octanol–water partition coefficient (Wildman–Crippen LogP) is 14.6. The van der Waals surface area contributed by atoms with E-state index in [9.17, 15) is 0 Å². The molecule has 0 saturated heterocycles. The first-order chi connectivity index (χ1) is 29.9. The van der Waals surface area contributed by atoms with Gasteiger partial charge < -0.3 is 14.7 Å². The largest absolute Gasteiger partial charge is 0.372 e. The molecule has 3 nitrogen and oxygen atoms in total. The van der Waals surface area contributed by atoms with Gasteiger partial charge in [-0.1, -0.05) is 109 Å². The Kier molecular flexibility index (Phi) is 14.6. The van der Waals surface area contributed by atoms with E-state index in [0.29, 0.717) is 0 Å². The Morgan fingerprint density at radius 2 is 0.770 bits per heavy atom. The molecule has 7 aromatic carbocycles. The van der Waals surface area contributed by atoms with Crippen LogP contribution in [0.5, 0.6) is 0 Å². The Balaban J connectivity index is 1.17. The number of hydrogen-bond donors (Lipinski definition) is 0. The van der Waals surface area contributed by atoms with E-state index in [1.807, 2.05) is 0 Å². The topological polar surface area (TPSA) is 9.72 Å². The van der Waals surface area contributed by atoms with Gasteiger partial charge in [-0.25, -0.2) is 0 Å². The molecule has 0 fully saturated rings. The van der Waals surface area contributed by atoms with Crippen LogP contribution in [0.4, 0.5) is 28.4 Å². The zero-order valence-corrected chi connectivity index (χ0v) is 37.2. The van der Waals surface area contributed by atoms with Crippen LogP contribution in [0.25, 0.3) is 11.6 Å². The molecule has 7 aromatic rings. The number of anilines is 5. The third-order valence-corrected chi connectivity index (χ3v) is 12.3. The molecule has 0 aliphatic heterocycles. The summed E-state index contributed by atoms with van der Waals surface area (Å²) in [7, 11) is 0. The second kappa shape index (κ2) is 20.8. The van der Waals surface area contributed by atoms with Gasteiger partial charge in [0.25, 0.3) is 0 Å².